The van der Waals surface area contributed by atoms with E-state index in [1.807, 2.05) is 23.1 Å². The quantitative estimate of drug-likeness (QED) is 0.648. The normalized spacial score (nSPS) is 10.8. The van der Waals surface area contributed by atoms with Gasteiger partial charge in [-0.05, 0) is 0 Å². The third kappa shape index (κ3) is 5.08. The summed E-state index contributed by atoms with van der Waals surface area (Å²) in [5.74, 6) is 0.0893. The number of carbonyl (C=O) groups is 1. The van der Waals surface area contributed by atoms with E-state index in [4.69, 9.17) is 10.2 Å². The molecule has 0 unspecified atom stereocenters. The lowest BCUT2D eigenvalue weighted by Gasteiger charge is -2.19. The fourth-order valence-electron chi connectivity index (χ4n) is 1.65. The SMILES string of the molecule is O=C(CCN(CCO)CCO)c1ccccc1. The van der Waals surface area contributed by atoms with Crippen molar-refractivity contribution < 1.29 is 15.0 Å². The lowest BCUT2D eigenvalue weighted by Crippen LogP contribution is -2.31. The van der Waals surface area contributed by atoms with Crippen LogP contribution in [0.3, 0.4) is 0 Å². The van der Waals surface area contributed by atoms with Gasteiger partial charge in [0.25, 0.3) is 0 Å². The van der Waals surface area contributed by atoms with Crippen LogP contribution in [0.2, 0.25) is 0 Å². The molecule has 0 amide bonds. The van der Waals surface area contributed by atoms with Gasteiger partial charge in [-0.2, -0.15) is 0 Å². The number of hydrogen-bond donors (Lipinski definition) is 2. The van der Waals surface area contributed by atoms with Crippen molar-refractivity contribution in [3.63, 3.8) is 0 Å². The van der Waals surface area contributed by atoms with Crippen molar-refractivity contribution in [2.45, 2.75) is 6.42 Å². The Balaban J connectivity index is 2.41. The lowest BCUT2D eigenvalue weighted by atomic mass is 10.1. The van der Waals surface area contributed by atoms with Crippen molar-refractivity contribution in [1.29, 1.82) is 0 Å². The van der Waals surface area contributed by atoms with Crippen molar-refractivity contribution in [2.24, 2.45) is 0 Å². The Bertz CT molecular complexity index is 321. The van der Waals surface area contributed by atoms with E-state index in [-0.39, 0.29) is 19.0 Å². The van der Waals surface area contributed by atoms with Gasteiger partial charge in [0.2, 0.25) is 0 Å². The molecule has 17 heavy (non-hydrogen) atoms. The Labute approximate surface area is 101 Å². The van der Waals surface area contributed by atoms with E-state index >= 15 is 0 Å². The molecule has 0 bridgehead atoms. The van der Waals surface area contributed by atoms with Crippen LogP contribution in [0.15, 0.2) is 30.3 Å². The van der Waals surface area contributed by atoms with E-state index in [0.29, 0.717) is 31.6 Å². The maximum atomic E-state index is 11.8. The van der Waals surface area contributed by atoms with Gasteiger partial charge in [-0.1, -0.05) is 30.3 Å². The molecule has 0 aliphatic heterocycles. The number of benzene rings is 1. The number of Topliss-reactive ketones (excluding diaryl/α,β-unsaturated/α-hetero) is 1. The van der Waals surface area contributed by atoms with Gasteiger partial charge in [0.1, 0.15) is 0 Å². The second-order valence-corrected chi connectivity index (χ2v) is 3.83. The van der Waals surface area contributed by atoms with Crippen LogP contribution in [-0.4, -0.2) is 53.7 Å². The summed E-state index contributed by atoms with van der Waals surface area (Å²) in [6.45, 7) is 1.62. The molecule has 0 atom stereocenters. The lowest BCUT2D eigenvalue weighted by molar-refractivity contribution is 0.0947. The van der Waals surface area contributed by atoms with E-state index < -0.39 is 0 Å². The van der Waals surface area contributed by atoms with E-state index in [9.17, 15) is 4.79 Å². The third-order valence-corrected chi connectivity index (χ3v) is 2.58. The Morgan fingerprint density at radius 2 is 1.59 bits per heavy atom. The van der Waals surface area contributed by atoms with Gasteiger partial charge in [-0.25, -0.2) is 0 Å². The minimum Gasteiger partial charge on any atom is -0.395 e. The number of nitrogens with zero attached hydrogens (tertiary/aromatic N) is 1. The molecule has 0 aliphatic rings. The summed E-state index contributed by atoms with van der Waals surface area (Å²) in [5.41, 5.74) is 0.709. The first-order chi connectivity index (χ1) is 8.27. The van der Waals surface area contributed by atoms with Crippen LogP contribution in [-0.2, 0) is 0 Å². The van der Waals surface area contributed by atoms with Gasteiger partial charge in [-0.15, -0.1) is 0 Å². The molecule has 1 aromatic rings. The van der Waals surface area contributed by atoms with E-state index in [1.54, 1.807) is 12.1 Å². The highest BCUT2D eigenvalue weighted by Gasteiger charge is 2.08. The standard InChI is InChI=1S/C13H19NO3/c15-10-8-14(9-11-16)7-6-13(17)12-4-2-1-3-5-12/h1-5,15-16H,6-11H2. The predicted molar refractivity (Wildman–Crippen MR) is 66.0 cm³/mol. The molecular formula is C13H19NO3. The van der Waals surface area contributed by atoms with Crippen molar-refractivity contribution >= 4 is 5.78 Å². The largest absolute Gasteiger partial charge is 0.395 e. The molecule has 0 heterocycles. The summed E-state index contributed by atoms with van der Waals surface area (Å²) < 4.78 is 0. The number of hydrogen-bond acceptors (Lipinski definition) is 4. The zero-order chi connectivity index (χ0) is 12.5. The van der Waals surface area contributed by atoms with Crippen molar-refractivity contribution in [2.75, 3.05) is 32.8 Å². The van der Waals surface area contributed by atoms with Crippen LogP contribution in [0.5, 0.6) is 0 Å². The Hall–Kier alpha value is -1.23. The highest BCUT2D eigenvalue weighted by atomic mass is 16.3. The Morgan fingerprint density at radius 1 is 1.00 bits per heavy atom. The number of carbonyl (C=O) groups excluding carboxylic acids is 1. The summed E-state index contributed by atoms with van der Waals surface area (Å²) in [4.78, 5) is 13.7. The van der Waals surface area contributed by atoms with Gasteiger partial charge in [0, 0.05) is 31.6 Å². The van der Waals surface area contributed by atoms with Gasteiger partial charge < -0.3 is 10.2 Å². The van der Waals surface area contributed by atoms with E-state index in [1.165, 1.54) is 0 Å². The van der Waals surface area contributed by atoms with Gasteiger partial charge >= 0.3 is 0 Å². The average molecular weight is 237 g/mol. The maximum absolute atomic E-state index is 11.8. The van der Waals surface area contributed by atoms with Gasteiger partial charge in [-0.3, -0.25) is 9.69 Å². The van der Waals surface area contributed by atoms with E-state index in [2.05, 4.69) is 0 Å². The third-order valence-electron chi connectivity index (χ3n) is 2.58. The summed E-state index contributed by atoms with van der Waals surface area (Å²) >= 11 is 0. The fraction of sp³-hybridized carbons (Fsp3) is 0.462. The number of aliphatic hydroxyl groups is 2. The molecule has 0 fully saturated rings. The molecule has 2 N–H and O–H groups in total. The van der Waals surface area contributed by atoms with Crippen LogP contribution >= 0.6 is 0 Å². The van der Waals surface area contributed by atoms with Gasteiger partial charge in [0.15, 0.2) is 5.78 Å². The molecular weight excluding hydrogens is 218 g/mol. The van der Waals surface area contributed by atoms with Crippen LogP contribution < -0.4 is 0 Å². The molecule has 0 radical (unpaired) electrons. The zero-order valence-electron chi connectivity index (χ0n) is 9.88. The number of aliphatic hydroxyl groups excluding tert-OH is 2. The highest BCUT2D eigenvalue weighted by molar-refractivity contribution is 5.96. The van der Waals surface area contributed by atoms with Crippen LogP contribution in [0.4, 0.5) is 0 Å². The Kier molecular flexibility index (Phi) is 6.47. The monoisotopic (exact) mass is 237 g/mol. The first-order valence-corrected chi connectivity index (χ1v) is 5.80. The fourth-order valence-corrected chi connectivity index (χ4v) is 1.65. The molecule has 94 valence electrons. The highest BCUT2D eigenvalue weighted by Crippen LogP contribution is 2.03. The molecule has 4 nitrogen and oxygen atoms in total. The first-order valence-electron chi connectivity index (χ1n) is 5.80. The smallest absolute Gasteiger partial charge is 0.164 e. The second kappa shape index (κ2) is 7.95. The Morgan fingerprint density at radius 3 is 2.12 bits per heavy atom. The van der Waals surface area contributed by atoms with Crippen LogP contribution in [0.25, 0.3) is 0 Å². The molecule has 1 aromatic carbocycles. The molecule has 0 spiro atoms. The van der Waals surface area contributed by atoms with Crippen LogP contribution in [0.1, 0.15) is 16.8 Å². The second-order valence-electron chi connectivity index (χ2n) is 3.83. The predicted octanol–water partition coefficient (Wildman–Crippen LogP) is 0.546. The molecule has 0 aliphatic carbocycles. The summed E-state index contributed by atoms with van der Waals surface area (Å²) in [6, 6.07) is 9.15. The molecule has 0 saturated heterocycles. The minimum absolute atomic E-state index is 0.0412. The van der Waals surface area contributed by atoms with Crippen molar-refractivity contribution in [3.8, 4) is 0 Å². The van der Waals surface area contributed by atoms with Crippen molar-refractivity contribution in [3.05, 3.63) is 35.9 Å². The first kappa shape index (κ1) is 13.8. The maximum Gasteiger partial charge on any atom is 0.164 e. The van der Waals surface area contributed by atoms with E-state index in [0.717, 1.165) is 0 Å². The summed E-state index contributed by atoms with van der Waals surface area (Å²) in [7, 11) is 0. The van der Waals surface area contributed by atoms with Gasteiger partial charge in [0.05, 0.1) is 13.2 Å². The molecule has 4 heteroatoms. The average Bonchev–Trinajstić information content (AvgIpc) is 2.37. The minimum atomic E-state index is 0.0412. The molecule has 0 saturated carbocycles. The summed E-state index contributed by atoms with van der Waals surface area (Å²) in [6.07, 6.45) is 0.407. The van der Waals surface area contributed by atoms with Crippen LogP contribution in [0, 0.1) is 0 Å². The number of ketones is 1. The molecule has 1 rings (SSSR count). The summed E-state index contributed by atoms with van der Waals surface area (Å²) in [5, 5.41) is 17.7. The molecule has 0 aromatic heterocycles. The topological polar surface area (TPSA) is 60.8 Å². The zero-order valence-corrected chi connectivity index (χ0v) is 9.88. The number of rotatable bonds is 8. The van der Waals surface area contributed by atoms with Crippen molar-refractivity contribution in [1.82, 2.24) is 4.90 Å².